The largest absolute Gasteiger partial charge is 0.481 e. The van der Waals surface area contributed by atoms with Crippen molar-refractivity contribution in [1.82, 2.24) is 0 Å². The van der Waals surface area contributed by atoms with Crippen molar-refractivity contribution in [2.24, 2.45) is 0 Å². The Morgan fingerprint density at radius 2 is 1.73 bits per heavy atom. The Bertz CT molecular complexity index is 176. The number of hydrogen-bond donors (Lipinski definition) is 4. The first-order valence-corrected chi connectivity index (χ1v) is 2.71. The summed E-state index contributed by atoms with van der Waals surface area (Å²) < 4.78 is 0. The molecule has 0 radical (unpaired) electrons. The molecule has 0 fully saturated rings. The van der Waals surface area contributed by atoms with Gasteiger partial charge in [-0.25, -0.2) is 4.79 Å². The van der Waals surface area contributed by atoms with Crippen molar-refractivity contribution in [3.8, 4) is 0 Å². The van der Waals surface area contributed by atoms with Crippen molar-refractivity contribution in [2.45, 2.75) is 12.0 Å². The number of carbonyl (C=O) groups is 2. The van der Waals surface area contributed by atoms with Crippen LogP contribution in [0.2, 0.25) is 0 Å². The number of carboxylic acids is 2. The van der Waals surface area contributed by atoms with Crippen molar-refractivity contribution < 1.29 is 30.0 Å². The monoisotopic (exact) mass is 164 g/mol. The van der Waals surface area contributed by atoms with Gasteiger partial charge in [0, 0.05) is 0 Å². The van der Waals surface area contributed by atoms with E-state index in [9.17, 15) is 9.59 Å². The van der Waals surface area contributed by atoms with Gasteiger partial charge in [0.2, 0.25) is 0 Å². The van der Waals surface area contributed by atoms with Crippen molar-refractivity contribution in [2.75, 3.05) is 6.61 Å². The van der Waals surface area contributed by atoms with Crippen LogP contribution in [0.4, 0.5) is 0 Å². The summed E-state index contributed by atoms with van der Waals surface area (Å²) in [4.78, 5) is 20.1. The molecule has 0 heterocycles. The van der Waals surface area contributed by atoms with Crippen molar-refractivity contribution in [1.29, 1.82) is 0 Å². The smallest absolute Gasteiger partial charge is 0.338 e. The molecule has 0 amide bonds. The molecule has 6 heteroatoms. The Labute approximate surface area is 61.7 Å². The quantitative estimate of drug-likeness (QED) is 0.392. The molecule has 0 aliphatic carbocycles. The Hall–Kier alpha value is -1.14. The van der Waals surface area contributed by atoms with Gasteiger partial charge in [-0.2, -0.15) is 0 Å². The molecule has 0 aliphatic heterocycles. The zero-order valence-corrected chi connectivity index (χ0v) is 5.52. The fourth-order valence-corrected chi connectivity index (χ4v) is 0.449. The summed E-state index contributed by atoms with van der Waals surface area (Å²) in [5, 5.41) is 33.5. The molecule has 0 saturated heterocycles. The first kappa shape index (κ1) is 9.86. The van der Waals surface area contributed by atoms with E-state index in [2.05, 4.69) is 0 Å². The summed E-state index contributed by atoms with van der Waals surface area (Å²) in [6.07, 6.45) is -1.02. The van der Waals surface area contributed by atoms with Gasteiger partial charge in [0.15, 0.2) is 5.60 Å². The van der Waals surface area contributed by atoms with Gasteiger partial charge in [0.25, 0.3) is 0 Å². The first-order chi connectivity index (χ1) is 4.92. The molecular formula is C5H8O6. The minimum Gasteiger partial charge on any atom is -0.481 e. The Balaban J connectivity index is 4.34. The van der Waals surface area contributed by atoms with E-state index < -0.39 is 30.6 Å². The number of hydrogen-bond acceptors (Lipinski definition) is 4. The van der Waals surface area contributed by atoms with E-state index in [4.69, 9.17) is 20.4 Å². The molecule has 0 aromatic rings. The van der Waals surface area contributed by atoms with Crippen LogP contribution < -0.4 is 0 Å². The zero-order valence-electron chi connectivity index (χ0n) is 5.52. The molecule has 0 spiro atoms. The average Bonchev–Trinajstić information content (AvgIpc) is 1.86. The maximum Gasteiger partial charge on any atom is 0.338 e. The summed E-state index contributed by atoms with van der Waals surface area (Å²) >= 11 is 0. The highest BCUT2D eigenvalue weighted by atomic mass is 16.4. The van der Waals surface area contributed by atoms with Crippen LogP contribution in [0, 0.1) is 0 Å². The molecular weight excluding hydrogens is 156 g/mol. The topological polar surface area (TPSA) is 115 Å². The number of rotatable bonds is 4. The third kappa shape index (κ3) is 2.52. The van der Waals surface area contributed by atoms with E-state index in [1.807, 2.05) is 0 Å². The summed E-state index contributed by atoms with van der Waals surface area (Å²) in [6, 6.07) is 0. The number of aliphatic carboxylic acids is 2. The van der Waals surface area contributed by atoms with Crippen LogP contribution in [0.3, 0.4) is 0 Å². The maximum atomic E-state index is 10.1. The molecule has 0 aromatic heterocycles. The first-order valence-electron chi connectivity index (χ1n) is 2.71. The predicted molar refractivity (Wildman–Crippen MR) is 31.9 cm³/mol. The standard InChI is InChI=1S/C5H8O6/c6-2-5(11,4(9)10)1-3(7)8/h6,11H,1-2H2,(H,7,8)(H,9,10). The van der Waals surface area contributed by atoms with E-state index >= 15 is 0 Å². The lowest BCUT2D eigenvalue weighted by molar-refractivity contribution is -0.169. The van der Waals surface area contributed by atoms with E-state index in [1.54, 1.807) is 0 Å². The van der Waals surface area contributed by atoms with Gasteiger partial charge in [-0.05, 0) is 0 Å². The lowest BCUT2D eigenvalue weighted by Gasteiger charge is -2.17. The van der Waals surface area contributed by atoms with Crippen LogP contribution in [-0.4, -0.2) is 44.6 Å². The predicted octanol–water partition coefficient (Wildman–Crippen LogP) is -1.73. The van der Waals surface area contributed by atoms with Crippen LogP contribution in [0.1, 0.15) is 6.42 Å². The van der Waals surface area contributed by atoms with E-state index in [0.717, 1.165) is 0 Å². The van der Waals surface area contributed by atoms with Crippen LogP contribution in [-0.2, 0) is 9.59 Å². The summed E-state index contributed by atoms with van der Waals surface area (Å²) in [6.45, 7) is -1.12. The average molecular weight is 164 g/mol. The molecule has 0 bridgehead atoms. The maximum absolute atomic E-state index is 10.1. The minimum atomic E-state index is -2.56. The summed E-state index contributed by atoms with van der Waals surface area (Å²) in [5.74, 6) is -3.23. The molecule has 4 N–H and O–H groups in total. The van der Waals surface area contributed by atoms with Crippen LogP contribution in [0.15, 0.2) is 0 Å². The van der Waals surface area contributed by atoms with E-state index in [-0.39, 0.29) is 0 Å². The number of aliphatic hydroxyl groups is 2. The van der Waals surface area contributed by atoms with Gasteiger partial charge in [-0.3, -0.25) is 4.79 Å². The highest BCUT2D eigenvalue weighted by Crippen LogP contribution is 2.08. The highest BCUT2D eigenvalue weighted by molar-refractivity contribution is 5.83. The highest BCUT2D eigenvalue weighted by Gasteiger charge is 2.37. The third-order valence-corrected chi connectivity index (χ3v) is 1.10. The number of carboxylic acid groups (broad SMARTS) is 2. The second kappa shape index (κ2) is 3.31. The normalized spacial score (nSPS) is 15.5. The second-order valence-electron chi connectivity index (χ2n) is 2.07. The van der Waals surface area contributed by atoms with Crippen LogP contribution >= 0.6 is 0 Å². The molecule has 0 aromatic carbocycles. The fraction of sp³-hybridized carbons (Fsp3) is 0.600. The Morgan fingerprint density at radius 1 is 1.27 bits per heavy atom. The van der Waals surface area contributed by atoms with Gasteiger partial charge in [0.05, 0.1) is 13.0 Å². The summed E-state index contributed by atoms with van der Waals surface area (Å²) in [5.41, 5.74) is -2.56. The van der Waals surface area contributed by atoms with Gasteiger partial charge in [-0.1, -0.05) is 0 Å². The molecule has 1 unspecified atom stereocenters. The molecule has 0 saturated carbocycles. The number of aliphatic hydroxyl groups excluding tert-OH is 1. The molecule has 1 atom stereocenters. The second-order valence-corrected chi connectivity index (χ2v) is 2.07. The SMILES string of the molecule is O=C(O)CC(O)(CO)C(=O)O. The lowest BCUT2D eigenvalue weighted by atomic mass is 10.0. The van der Waals surface area contributed by atoms with Gasteiger partial charge in [-0.15, -0.1) is 0 Å². The van der Waals surface area contributed by atoms with Gasteiger partial charge < -0.3 is 20.4 Å². The molecule has 0 rings (SSSR count). The van der Waals surface area contributed by atoms with Crippen molar-refractivity contribution in [3.63, 3.8) is 0 Å². The van der Waals surface area contributed by atoms with Gasteiger partial charge >= 0.3 is 11.9 Å². The fourth-order valence-electron chi connectivity index (χ4n) is 0.449. The Morgan fingerprint density at radius 3 is 1.82 bits per heavy atom. The minimum absolute atomic E-state index is 1.02. The molecule has 0 aliphatic rings. The summed E-state index contributed by atoms with van der Waals surface area (Å²) in [7, 11) is 0. The van der Waals surface area contributed by atoms with Crippen molar-refractivity contribution >= 4 is 11.9 Å². The zero-order chi connectivity index (χ0) is 9.07. The van der Waals surface area contributed by atoms with E-state index in [1.165, 1.54) is 0 Å². The Kier molecular flexibility index (Phi) is 2.97. The third-order valence-electron chi connectivity index (χ3n) is 1.10. The van der Waals surface area contributed by atoms with E-state index in [0.29, 0.717) is 0 Å². The molecule has 6 nitrogen and oxygen atoms in total. The van der Waals surface area contributed by atoms with Crippen LogP contribution in [0.25, 0.3) is 0 Å². The molecule has 11 heavy (non-hydrogen) atoms. The molecule has 64 valence electrons. The van der Waals surface area contributed by atoms with Crippen LogP contribution in [0.5, 0.6) is 0 Å². The lowest BCUT2D eigenvalue weighted by Crippen LogP contribution is -2.44. The van der Waals surface area contributed by atoms with Gasteiger partial charge in [0.1, 0.15) is 0 Å². The van der Waals surface area contributed by atoms with Crippen molar-refractivity contribution in [3.05, 3.63) is 0 Å².